The van der Waals surface area contributed by atoms with Gasteiger partial charge in [-0.15, -0.1) is 0 Å². The normalized spacial score (nSPS) is 23.2. The fourth-order valence-corrected chi connectivity index (χ4v) is 2.41. The molecule has 0 heterocycles. The zero-order valence-electron chi connectivity index (χ0n) is 9.78. The average molecular weight is 240 g/mol. The topological polar surface area (TPSA) is 23.5 Å². The molecular weight excluding hydrogens is 222 g/mol. The Balaban J connectivity index is 2.07. The second-order valence-corrected chi connectivity index (χ2v) is 5.20. The maximum atomic E-state index is 9.01. The first-order chi connectivity index (χ1) is 7.61. The van der Waals surface area contributed by atoms with E-state index in [1.807, 2.05) is 18.2 Å². The van der Waals surface area contributed by atoms with E-state index in [2.05, 4.69) is 18.9 Å². The highest BCUT2D eigenvalue weighted by Gasteiger charge is 2.33. The van der Waals surface area contributed by atoms with Crippen molar-refractivity contribution in [2.45, 2.75) is 20.0 Å². The maximum Gasteiger partial charge on any atom is 0.0682 e. The van der Waals surface area contributed by atoms with E-state index in [1.165, 1.54) is 6.42 Å². The molecule has 1 saturated carbocycles. The van der Waals surface area contributed by atoms with Crippen molar-refractivity contribution in [1.82, 2.24) is 0 Å². The molecule has 1 aromatic carbocycles. The van der Waals surface area contributed by atoms with Gasteiger partial charge in [0.2, 0.25) is 0 Å². The molecule has 0 bridgehead atoms. The molecule has 2 atom stereocenters. The Morgan fingerprint density at radius 3 is 2.69 bits per heavy atom. The van der Waals surface area contributed by atoms with Gasteiger partial charge in [0, 0.05) is 13.6 Å². The number of benzene rings is 1. The summed E-state index contributed by atoms with van der Waals surface area (Å²) in [6.07, 6.45) is 1.33. The van der Waals surface area contributed by atoms with Crippen molar-refractivity contribution in [2.75, 3.05) is 18.5 Å². The monoisotopic (exact) mass is 239 g/mol. The minimum Gasteiger partial charge on any atom is -0.392 e. The summed E-state index contributed by atoms with van der Waals surface area (Å²) >= 11 is 6.19. The van der Waals surface area contributed by atoms with E-state index in [4.69, 9.17) is 16.7 Å². The number of nitrogens with zero attached hydrogens (tertiary/aromatic N) is 1. The van der Waals surface area contributed by atoms with Crippen LogP contribution in [0.3, 0.4) is 0 Å². The number of hydrogen-bond acceptors (Lipinski definition) is 2. The lowest BCUT2D eigenvalue weighted by Crippen LogP contribution is -2.20. The van der Waals surface area contributed by atoms with Crippen LogP contribution in [0, 0.1) is 11.8 Å². The lowest BCUT2D eigenvalue weighted by Gasteiger charge is -2.21. The minimum absolute atomic E-state index is 0.0450. The van der Waals surface area contributed by atoms with Gasteiger partial charge < -0.3 is 10.0 Å². The number of anilines is 1. The maximum absolute atomic E-state index is 9.01. The first kappa shape index (κ1) is 11.7. The van der Waals surface area contributed by atoms with Crippen LogP contribution < -0.4 is 4.90 Å². The van der Waals surface area contributed by atoms with Crippen LogP contribution in [0.1, 0.15) is 18.9 Å². The van der Waals surface area contributed by atoms with Gasteiger partial charge in [-0.3, -0.25) is 0 Å². The van der Waals surface area contributed by atoms with Crippen LogP contribution >= 0.6 is 11.6 Å². The second kappa shape index (κ2) is 4.64. The van der Waals surface area contributed by atoms with Crippen molar-refractivity contribution in [3.8, 4) is 0 Å². The standard InChI is InChI=1S/C13H18ClNO/c1-9-5-11(9)7-15(2)13-4-3-10(8-16)6-12(13)14/h3-4,6,9,11,16H,5,7-8H2,1-2H3. The smallest absolute Gasteiger partial charge is 0.0682 e. The first-order valence-corrected chi connectivity index (χ1v) is 6.10. The SMILES string of the molecule is CC1CC1CN(C)c1ccc(CO)cc1Cl. The van der Waals surface area contributed by atoms with E-state index >= 15 is 0 Å². The van der Waals surface area contributed by atoms with Gasteiger partial charge in [0.1, 0.15) is 0 Å². The third-order valence-corrected chi connectivity index (χ3v) is 3.69. The van der Waals surface area contributed by atoms with Crippen LogP contribution in [0.5, 0.6) is 0 Å². The minimum atomic E-state index is 0.0450. The summed E-state index contributed by atoms with van der Waals surface area (Å²) in [5.41, 5.74) is 1.92. The van der Waals surface area contributed by atoms with Crippen molar-refractivity contribution in [1.29, 1.82) is 0 Å². The number of rotatable bonds is 4. The predicted molar refractivity (Wildman–Crippen MR) is 67.9 cm³/mol. The highest BCUT2D eigenvalue weighted by atomic mass is 35.5. The van der Waals surface area contributed by atoms with Gasteiger partial charge in [0.25, 0.3) is 0 Å². The summed E-state index contributed by atoms with van der Waals surface area (Å²) < 4.78 is 0. The number of halogens is 1. The summed E-state index contributed by atoms with van der Waals surface area (Å²) in [5.74, 6) is 1.68. The third-order valence-electron chi connectivity index (χ3n) is 3.39. The Hall–Kier alpha value is -0.730. The Labute approximate surface area is 102 Å². The molecular formula is C13H18ClNO. The van der Waals surface area contributed by atoms with Crippen LogP contribution in [0.4, 0.5) is 5.69 Å². The average Bonchev–Trinajstić information content (AvgIpc) is 2.93. The number of aliphatic hydroxyl groups is 1. The summed E-state index contributed by atoms with van der Waals surface area (Å²) in [6, 6.07) is 5.75. The molecule has 88 valence electrons. The number of hydrogen-bond donors (Lipinski definition) is 1. The summed E-state index contributed by atoms with van der Waals surface area (Å²) in [6.45, 7) is 3.40. The van der Waals surface area contributed by atoms with Crippen molar-refractivity contribution < 1.29 is 5.11 Å². The fourth-order valence-electron chi connectivity index (χ4n) is 2.06. The van der Waals surface area contributed by atoms with Crippen LogP contribution in [-0.2, 0) is 6.61 Å². The number of aliphatic hydroxyl groups excluding tert-OH is 1. The molecule has 1 N–H and O–H groups in total. The summed E-state index contributed by atoms with van der Waals surface area (Å²) in [4.78, 5) is 2.21. The van der Waals surface area contributed by atoms with Gasteiger partial charge in [0.05, 0.1) is 17.3 Å². The van der Waals surface area contributed by atoms with Gasteiger partial charge in [-0.1, -0.05) is 24.6 Å². The molecule has 0 aliphatic heterocycles. The molecule has 1 aliphatic rings. The van der Waals surface area contributed by atoms with Crippen LogP contribution in [0.15, 0.2) is 18.2 Å². The molecule has 2 rings (SSSR count). The van der Waals surface area contributed by atoms with Gasteiger partial charge in [-0.2, -0.15) is 0 Å². The molecule has 0 amide bonds. The largest absolute Gasteiger partial charge is 0.392 e. The predicted octanol–water partition coefficient (Wildman–Crippen LogP) is 2.92. The third kappa shape index (κ3) is 2.50. The molecule has 1 fully saturated rings. The van der Waals surface area contributed by atoms with Crippen molar-refractivity contribution in [3.63, 3.8) is 0 Å². The van der Waals surface area contributed by atoms with E-state index in [0.717, 1.165) is 34.7 Å². The molecule has 1 aliphatic carbocycles. The molecule has 2 unspecified atom stereocenters. The van der Waals surface area contributed by atoms with Gasteiger partial charge in [-0.25, -0.2) is 0 Å². The van der Waals surface area contributed by atoms with E-state index in [9.17, 15) is 0 Å². The van der Waals surface area contributed by atoms with Gasteiger partial charge >= 0.3 is 0 Å². The summed E-state index contributed by atoms with van der Waals surface area (Å²) in [7, 11) is 2.07. The van der Waals surface area contributed by atoms with E-state index in [0.29, 0.717) is 0 Å². The zero-order chi connectivity index (χ0) is 11.7. The molecule has 0 spiro atoms. The molecule has 0 radical (unpaired) electrons. The Kier molecular flexibility index (Phi) is 3.41. The Morgan fingerprint density at radius 2 is 2.19 bits per heavy atom. The van der Waals surface area contributed by atoms with Crippen LogP contribution in [-0.4, -0.2) is 18.7 Å². The van der Waals surface area contributed by atoms with Crippen molar-refractivity contribution in [3.05, 3.63) is 28.8 Å². The van der Waals surface area contributed by atoms with E-state index < -0.39 is 0 Å². The fraction of sp³-hybridized carbons (Fsp3) is 0.538. The summed E-state index contributed by atoms with van der Waals surface area (Å²) in [5, 5.41) is 9.73. The second-order valence-electron chi connectivity index (χ2n) is 4.80. The Bertz CT molecular complexity index is 380. The molecule has 16 heavy (non-hydrogen) atoms. The highest BCUT2D eigenvalue weighted by molar-refractivity contribution is 6.33. The lowest BCUT2D eigenvalue weighted by atomic mass is 10.2. The Morgan fingerprint density at radius 1 is 1.50 bits per heavy atom. The van der Waals surface area contributed by atoms with Crippen molar-refractivity contribution >= 4 is 17.3 Å². The van der Waals surface area contributed by atoms with E-state index in [-0.39, 0.29) is 6.61 Å². The molecule has 0 saturated heterocycles. The highest BCUT2D eigenvalue weighted by Crippen LogP contribution is 2.39. The van der Waals surface area contributed by atoms with Gasteiger partial charge in [-0.05, 0) is 36.0 Å². The quantitative estimate of drug-likeness (QED) is 0.874. The first-order valence-electron chi connectivity index (χ1n) is 5.72. The van der Waals surface area contributed by atoms with Gasteiger partial charge in [0.15, 0.2) is 0 Å². The zero-order valence-corrected chi connectivity index (χ0v) is 10.5. The van der Waals surface area contributed by atoms with E-state index in [1.54, 1.807) is 0 Å². The van der Waals surface area contributed by atoms with Crippen molar-refractivity contribution in [2.24, 2.45) is 11.8 Å². The molecule has 0 aromatic heterocycles. The molecule has 2 nitrogen and oxygen atoms in total. The van der Waals surface area contributed by atoms with Crippen LogP contribution in [0.2, 0.25) is 5.02 Å². The molecule has 1 aromatic rings. The molecule has 3 heteroatoms. The lowest BCUT2D eigenvalue weighted by molar-refractivity contribution is 0.282. The van der Waals surface area contributed by atoms with Crippen LogP contribution in [0.25, 0.3) is 0 Å².